The van der Waals surface area contributed by atoms with Crippen molar-refractivity contribution < 1.29 is 9.84 Å². The fourth-order valence-corrected chi connectivity index (χ4v) is 3.84. The first kappa shape index (κ1) is 12.4. The monoisotopic (exact) mass is 305 g/mol. The van der Waals surface area contributed by atoms with Crippen molar-refractivity contribution in [2.75, 3.05) is 20.3 Å². The molecular weight excluding hydrogens is 290 g/mol. The van der Waals surface area contributed by atoms with E-state index in [-0.39, 0.29) is 6.61 Å². The summed E-state index contributed by atoms with van der Waals surface area (Å²) in [5, 5.41) is 10.2. The number of nitrogens with zero attached hydrogens (tertiary/aromatic N) is 1. The van der Waals surface area contributed by atoms with Gasteiger partial charge in [0.1, 0.15) is 0 Å². The predicted molar refractivity (Wildman–Crippen MR) is 69.1 cm³/mol. The molecule has 0 aliphatic carbocycles. The van der Waals surface area contributed by atoms with Crippen molar-refractivity contribution in [2.24, 2.45) is 0 Å². The Morgan fingerprint density at radius 2 is 2.50 bits per heavy atom. The molecule has 2 heterocycles. The van der Waals surface area contributed by atoms with Crippen LogP contribution in [-0.2, 0) is 6.54 Å². The van der Waals surface area contributed by atoms with Crippen molar-refractivity contribution in [3.05, 3.63) is 15.4 Å². The van der Waals surface area contributed by atoms with Gasteiger partial charge in [-0.05, 0) is 41.4 Å². The molecule has 0 bridgehead atoms. The third kappa shape index (κ3) is 2.59. The first-order valence-corrected chi connectivity index (χ1v) is 7.02. The molecule has 0 spiro atoms. The lowest BCUT2D eigenvalue weighted by Crippen LogP contribution is -2.31. The van der Waals surface area contributed by atoms with Gasteiger partial charge in [-0.25, -0.2) is 0 Å². The van der Waals surface area contributed by atoms with Crippen molar-refractivity contribution in [3.8, 4) is 5.06 Å². The van der Waals surface area contributed by atoms with Crippen LogP contribution < -0.4 is 4.74 Å². The van der Waals surface area contributed by atoms with Crippen molar-refractivity contribution in [2.45, 2.75) is 25.4 Å². The number of thiophene rings is 1. The Morgan fingerprint density at radius 3 is 3.12 bits per heavy atom. The zero-order valence-corrected chi connectivity index (χ0v) is 11.7. The normalized spacial score (nSPS) is 21.6. The van der Waals surface area contributed by atoms with Crippen molar-refractivity contribution in [1.29, 1.82) is 0 Å². The van der Waals surface area contributed by atoms with E-state index in [9.17, 15) is 5.11 Å². The molecule has 1 aromatic heterocycles. The Hall–Kier alpha value is -0.100. The third-order valence-electron chi connectivity index (χ3n) is 2.96. The summed E-state index contributed by atoms with van der Waals surface area (Å²) in [7, 11) is 1.69. The Kier molecular flexibility index (Phi) is 4.24. The van der Waals surface area contributed by atoms with Crippen LogP contribution in [0.1, 0.15) is 17.7 Å². The van der Waals surface area contributed by atoms with E-state index in [0.717, 1.165) is 29.0 Å². The van der Waals surface area contributed by atoms with Crippen LogP contribution in [0.4, 0.5) is 0 Å². The summed E-state index contributed by atoms with van der Waals surface area (Å²) in [4.78, 5) is 3.63. The van der Waals surface area contributed by atoms with E-state index in [1.165, 1.54) is 11.3 Å². The second kappa shape index (κ2) is 5.49. The van der Waals surface area contributed by atoms with Crippen LogP contribution in [0.2, 0.25) is 0 Å². The molecule has 1 atom stereocenters. The summed E-state index contributed by atoms with van der Waals surface area (Å²) in [6, 6.07) is 2.45. The average molecular weight is 306 g/mol. The van der Waals surface area contributed by atoms with E-state index < -0.39 is 0 Å². The molecule has 1 aliphatic heterocycles. The van der Waals surface area contributed by atoms with Crippen molar-refractivity contribution in [1.82, 2.24) is 4.90 Å². The second-order valence-electron chi connectivity index (χ2n) is 4.00. The highest BCUT2D eigenvalue weighted by molar-refractivity contribution is 9.10. The number of hydrogen-bond donors (Lipinski definition) is 1. The van der Waals surface area contributed by atoms with E-state index in [1.54, 1.807) is 18.4 Å². The van der Waals surface area contributed by atoms with E-state index in [0.29, 0.717) is 6.04 Å². The van der Waals surface area contributed by atoms with Crippen LogP contribution in [0, 0.1) is 0 Å². The summed E-state index contributed by atoms with van der Waals surface area (Å²) in [5.74, 6) is 0. The first-order valence-electron chi connectivity index (χ1n) is 5.41. The number of halogens is 1. The molecule has 5 heteroatoms. The van der Waals surface area contributed by atoms with Gasteiger partial charge in [0.15, 0.2) is 5.06 Å². The average Bonchev–Trinajstić information content (AvgIpc) is 2.85. The summed E-state index contributed by atoms with van der Waals surface area (Å²) >= 11 is 5.14. The molecular formula is C11H16BrNO2S. The molecule has 90 valence electrons. The molecule has 2 rings (SSSR count). The van der Waals surface area contributed by atoms with Gasteiger partial charge in [0.25, 0.3) is 0 Å². The molecule has 1 fully saturated rings. The summed E-state index contributed by atoms with van der Waals surface area (Å²) < 4.78 is 6.27. The largest absolute Gasteiger partial charge is 0.486 e. The molecule has 1 unspecified atom stereocenters. The van der Waals surface area contributed by atoms with E-state index in [1.807, 2.05) is 0 Å². The molecule has 1 aliphatic rings. The van der Waals surface area contributed by atoms with Crippen molar-refractivity contribution in [3.63, 3.8) is 0 Å². The Labute approximate surface area is 108 Å². The zero-order chi connectivity index (χ0) is 11.5. The number of ether oxygens (including phenoxy) is 1. The van der Waals surface area contributed by atoms with Gasteiger partial charge < -0.3 is 9.84 Å². The number of rotatable bonds is 4. The molecule has 3 nitrogen and oxygen atoms in total. The van der Waals surface area contributed by atoms with E-state index in [2.05, 4.69) is 26.9 Å². The number of methoxy groups -OCH3 is 1. The summed E-state index contributed by atoms with van der Waals surface area (Å²) in [6.07, 6.45) is 2.30. The molecule has 16 heavy (non-hydrogen) atoms. The van der Waals surface area contributed by atoms with Crippen molar-refractivity contribution >= 4 is 27.3 Å². The molecule has 0 aromatic carbocycles. The quantitative estimate of drug-likeness (QED) is 0.927. The van der Waals surface area contributed by atoms with Gasteiger partial charge in [-0.1, -0.05) is 0 Å². The van der Waals surface area contributed by atoms with Gasteiger partial charge in [0, 0.05) is 17.5 Å². The van der Waals surface area contributed by atoms with Crippen LogP contribution in [0.5, 0.6) is 5.06 Å². The lowest BCUT2D eigenvalue weighted by molar-refractivity contribution is 0.154. The standard InChI is InChI=1S/C11H16BrNO2S/c1-15-11-10(12)5-9(16-11)6-13-4-2-3-8(13)7-14/h5,8,14H,2-4,6-7H2,1H3. The Balaban J connectivity index is 2.02. The smallest absolute Gasteiger partial charge is 0.188 e. The predicted octanol–water partition coefficient (Wildman–Crippen LogP) is 2.48. The minimum Gasteiger partial charge on any atom is -0.486 e. The Morgan fingerprint density at radius 1 is 1.69 bits per heavy atom. The molecule has 0 radical (unpaired) electrons. The maximum absolute atomic E-state index is 9.25. The van der Waals surface area contributed by atoms with Crippen LogP contribution in [0.15, 0.2) is 10.5 Å². The molecule has 0 saturated carbocycles. The highest BCUT2D eigenvalue weighted by Gasteiger charge is 2.24. The molecule has 0 amide bonds. The van der Waals surface area contributed by atoms with E-state index >= 15 is 0 Å². The minimum atomic E-state index is 0.268. The van der Waals surface area contributed by atoms with E-state index in [4.69, 9.17) is 4.74 Å². The van der Waals surface area contributed by atoms with Crippen LogP contribution in [0.3, 0.4) is 0 Å². The molecule has 1 saturated heterocycles. The highest BCUT2D eigenvalue weighted by atomic mass is 79.9. The SMILES string of the molecule is COc1sc(CN2CCCC2CO)cc1Br. The van der Waals surface area contributed by atoms with Crippen LogP contribution >= 0.6 is 27.3 Å². The minimum absolute atomic E-state index is 0.268. The maximum atomic E-state index is 9.25. The van der Waals surface area contributed by atoms with Gasteiger partial charge in [-0.3, -0.25) is 4.90 Å². The fraction of sp³-hybridized carbons (Fsp3) is 0.636. The Bertz CT molecular complexity index is 356. The fourth-order valence-electron chi connectivity index (χ4n) is 2.12. The maximum Gasteiger partial charge on any atom is 0.188 e. The summed E-state index contributed by atoms with van der Waals surface area (Å²) in [6.45, 7) is 2.27. The van der Waals surface area contributed by atoms with Gasteiger partial charge in [-0.2, -0.15) is 0 Å². The third-order valence-corrected chi connectivity index (χ3v) is 4.89. The van der Waals surface area contributed by atoms with Gasteiger partial charge >= 0.3 is 0 Å². The second-order valence-corrected chi connectivity index (χ2v) is 5.95. The number of likely N-dealkylation sites (tertiary alicyclic amines) is 1. The van der Waals surface area contributed by atoms with Crippen LogP contribution in [-0.4, -0.2) is 36.3 Å². The van der Waals surface area contributed by atoms with Gasteiger partial charge in [0.2, 0.25) is 0 Å². The number of aliphatic hydroxyl groups excluding tert-OH is 1. The molecule has 1 aromatic rings. The lowest BCUT2D eigenvalue weighted by Gasteiger charge is -2.21. The lowest BCUT2D eigenvalue weighted by atomic mass is 10.2. The number of aliphatic hydroxyl groups is 1. The summed E-state index contributed by atoms with van der Waals surface area (Å²) in [5.41, 5.74) is 0. The first-order chi connectivity index (χ1) is 7.74. The van der Waals surface area contributed by atoms with Gasteiger partial charge in [0.05, 0.1) is 18.2 Å². The highest BCUT2D eigenvalue weighted by Crippen LogP contribution is 2.36. The molecule has 1 N–H and O–H groups in total. The van der Waals surface area contributed by atoms with Crippen LogP contribution in [0.25, 0.3) is 0 Å². The topological polar surface area (TPSA) is 32.7 Å². The van der Waals surface area contributed by atoms with Gasteiger partial charge in [-0.15, -0.1) is 11.3 Å². The zero-order valence-electron chi connectivity index (χ0n) is 9.28. The number of hydrogen-bond acceptors (Lipinski definition) is 4.